The van der Waals surface area contributed by atoms with E-state index in [1.807, 2.05) is 0 Å². The van der Waals surface area contributed by atoms with Crippen LogP contribution in [0.2, 0.25) is 0 Å². The number of nitrogens with one attached hydrogen (secondary N) is 1. The van der Waals surface area contributed by atoms with Crippen LogP contribution in [0.4, 0.5) is 5.69 Å². The molecule has 6 nitrogen and oxygen atoms in total. The van der Waals surface area contributed by atoms with Crippen LogP contribution in [0.25, 0.3) is 0 Å². The Labute approximate surface area is 105 Å². The Balaban J connectivity index is 2.16. The van der Waals surface area contributed by atoms with Gasteiger partial charge >= 0.3 is 0 Å². The summed E-state index contributed by atoms with van der Waals surface area (Å²) < 4.78 is 28.1. The number of para-hydroxylation sites is 1. The van der Waals surface area contributed by atoms with E-state index < -0.39 is 10.0 Å². The molecule has 0 aliphatic heterocycles. The molecule has 0 amide bonds. The highest BCUT2D eigenvalue weighted by Gasteiger charge is 2.16. The minimum absolute atomic E-state index is 0.0916. The fourth-order valence-electron chi connectivity index (χ4n) is 1.54. The second kappa shape index (κ2) is 4.79. The molecule has 0 spiro atoms. The molecular formula is C11H14N4O2S. The summed E-state index contributed by atoms with van der Waals surface area (Å²) in [7, 11) is -1.82. The molecule has 0 radical (unpaired) electrons. The van der Waals surface area contributed by atoms with Gasteiger partial charge in [0.25, 0.3) is 0 Å². The van der Waals surface area contributed by atoms with Crippen molar-refractivity contribution in [2.45, 2.75) is 11.4 Å². The van der Waals surface area contributed by atoms with Gasteiger partial charge in [-0.25, -0.2) is 13.1 Å². The van der Waals surface area contributed by atoms with Crippen molar-refractivity contribution in [2.24, 2.45) is 7.05 Å². The lowest BCUT2D eigenvalue weighted by Gasteiger charge is -2.07. The zero-order chi connectivity index (χ0) is 13.2. The van der Waals surface area contributed by atoms with Crippen molar-refractivity contribution in [3.05, 3.63) is 42.2 Å². The van der Waals surface area contributed by atoms with E-state index in [1.54, 1.807) is 42.3 Å². The van der Waals surface area contributed by atoms with E-state index in [9.17, 15) is 8.42 Å². The number of benzene rings is 1. The second-order valence-electron chi connectivity index (χ2n) is 3.88. The van der Waals surface area contributed by atoms with Crippen molar-refractivity contribution in [1.29, 1.82) is 0 Å². The molecule has 0 bridgehead atoms. The molecule has 96 valence electrons. The Bertz CT molecular complexity index is 649. The van der Waals surface area contributed by atoms with E-state index in [0.717, 1.165) is 5.56 Å². The number of hydrogen-bond acceptors (Lipinski definition) is 4. The molecule has 3 N–H and O–H groups in total. The van der Waals surface area contributed by atoms with E-state index in [1.165, 1.54) is 6.07 Å². The highest BCUT2D eigenvalue weighted by atomic mass is 32.2. The topological polar surface area (TPSA) is 90.0 Å². The van der Waals surface area contributed by atoms with Crippen molar-refractivity contribution in [2.75, 3.05) is 5.73 Å². The Morgan fingerprint density at radius 1 is 1.39 bits per heavy atom. The van der Waals surface area contributed by atoms with Gasteiger partial charge in [-0.15, -0.1) is 0 Å². The van der Waals surface area contributed by atoms with Gasteiger partial charge in [0, 0.05) is 25.4 Å². The van der Waals surface area contributed by atoms with E-state index >= 15 is 0 Å². The number of rotatable bonds is 4. The smallest absolute Gasteiger partial charge is 0.242 e. The van der Waals surface area contributed by atoms with Gasteiger partial charge in [0.15, 0.2) is 0 Å². The highest BCUT2D eigenvalue weighted by Crippen LogP contribution is 2.17. The summed E-state index contributed by atoms with van der Waals surface area (Å²) in [5.74, 6) is 0. The molecule has 1 aromatic carbocycles. The van der Waals surface area contributed by atoms with Crippen LogP contribution in [0.15, 0.2) is 41.6 Å². The first-order valence-corrected chi connectivity index (χ1v) is 6.79. The van der Waals surface area contributed by atoms with Crippen molar-refractivity contribution < 1.29 is 8.42 Å². The lowest BCUT2D eigenvalue weighted by atomic mass is 10.3. The first-order valence-electron chi connectivity index (χ1n) is 5.31. The predicted molar refractivity (Wildman–Crippen MR) is 68.1 cm³/mol. The van der Waals surface area contributed by atoms with Gasteiger partial charge in [0.2, 0.25) is 10.0 Å². The zero-order valence-corrected chi connectivity index (χ0v) is 10.7. The van der Waals surface area contributed by atoms with Crippen LogP contribution in [-0.2, 0) is 23.6 Å². The molecular weight excluding hydrogens is 252 g/mol. The molecule has 7 heteroatoms. The first-order chi connectivity index (χ1) is 8.49. The van der Waals surface area contributed by atoms with Gasteiger partial charge in [-0.3, -0.25) is 4.68 Å². The summed E-state index contributed by atoms with van der Waals surface area (Å²) in [5, 5.41) is 3.96. The standard InChI is InChI=1S/C11H14N4O2S/c1-15-8-9(6-13-15)7-14-18(16,17)11-5-3-2-4-10(11)12/h2-6,8,14H,7,12H2,1H3. The van der Waals surface area contributed by atoms with E-state index in [-0.39, 0.29) is 17.1 Å². The summed E-state index contributed by atoms with van der Waals surface area (Å²) in [6.45, 7) is 0.185. The molecule has 2 aromatic rings. The maximum absolute atomic E-state index is 12.0. The molecule has 0 aliphatic carbocycles. The maximum atomic E-state index is 12.0. The molecule has 0 atom stereocenters. The SMILES string of the molecule is Cn1cc(CNS(=O)(=O)c2ccccc2N)cn1. The minimum Gasteiger partial charge on any atom is -0.398 e. The Morgan fingerprint density at radius 2 is 2.11 bits per heavy atom. The van der Waals surface area contributed by atoms with Crippen LogP contribution < -0.4 is 10.5 Å². The number of sulfonamides is 1. The molecule has 0 saturated heterocycles. The molecule has 18 heavy (non-hydrogen) atoms. The van der Waals surface area contributed by atoms with Crippen molar-refractivity contribution in [3.63, 3.8) is 0 Å². The van der Waals surface area contributed by atoms with Crippen LogP contribution >= 0.6 is 0 Å². The maximum Gasteiger partial charge on any atom is 0.242 e. The largest absolute Gasteiger partial charge is 0.398 e. The quantitative estimate of drug-likeness (QED) is 0.788. The third-order valence-corrected chi connectivity index (χ3v) is 3.91. The van der Waals surface area contributed by atoms with Crippen LogP contribution in [0.3, 0.4) is 0 Å². The Morgan fingerprint density at radius 3 is 2.72 bits per heavy atom. The third kappa shape index (κ3) is 2.69. The van der Waals surface area contributed by atoms with Crippen LogP contribution in [-0.4, -0.2) is 18.2 Å². The number of aromatic nitrogens is 2. The number of hydrogen-bond donors (Lipinski definition) is 2. The molecule has 1 heterocycles. The van der Waals surface area contributed by atoms with Crippen molar-refractivity contribution in [3.8, 4) is 0 Å². The fraction of sp³-hybridized carbons (Fsp3) is 0.182. The lowest BCUT2D eigenvalue weighted by molar-refractivity contribution is 0.581. The van der Waals surface area contributed by atoms with E-state index in [0.29, 0.717) is 0 Å². The van der Waals surface area contributed by atoms with Crippen molar-refractivity contribution in [1.82, 2.24) is 14.5 Å². The molecule has 0 aliphatic rings. The average Bonchev–Trinajstić information content (AvgIpc) is 2.73. The van der Waals surface area contributed by atoms with Crippen molar-refractivity contribution >= 4 is 15.7 Å². The Hall–Kier alpha value is -1.86. The summed E-state index contributed by atoms with van der Waals surface area (Å²) in [6.07, 6.45) is 3.35. The number of nitrogens with zero attached hydrogens (tertiary/aromatic N) is 2. The van der Waals surface area contributed by atoms with Gasteiger partial charge in [0.1, 0.15) is 4.90 Å². The molecule has 1 aromatic heterocycles. The third-order valence-electron chi connectivity index (χ3n) is 2.43. The zero-order valence-electron chi connectivity index (χ0n) is 9.87. The summed E-state index contributed by atoms with van der Waals surface area (Å²) in [6, 6.07) is 6.35. The second-order valence-corrected chi connectivity index (χ2v) is 5.62. The summed E-state index contributed by atoms with van der Waals surface area (Å²) in [4.78, 5) is 0.0916. The molecule has 2 rings (SSSR count). The first kappa shape index (κ1) is 12.6. The number of nitrogen functional groups attached to an aromatic ring is 1. The minimum atomic E-state index is -3.59. The lowest BCUT2D eigenvalue weighted by Crippen LogP contribution is -2.23. The normalized spacial score (nSPS) is 11.6. The molecule has 0 saturated carbocycles. The van der Waals surface area contributed by atoms with Gasteiger partial charge in [-0.2, -0.15) is 5.10 Å². The van der Waals surface area contributed by atoms with Crippen LogP contribution in [0.1, 0.15) is 5.56 Å². The number of nitrogens with two attached hydrogens (primary N) is 1. The Kier molecular flexibility index (Phi) is 3.35. The number of aryl methyl sites for hydroxylation is 1. The summed E-state index contributed by atoms with van der Waals surface area (Å²) in [5.41, 5.74) is 6.66. The molecule has 0 unspecified atom stereocenters. The van der Waals surface area contributed by atoms with E-state index in [4.69, 9.17) is 5.73 Å². The van der Waals surface area contributed by atoms with E-state index in [2.05, 4.69) is 9.82 Å². The molecule has 0 fully saturated rings. The van der Waals surface area contributed by atoms with Gasteiger partial charge in [-0.05, 0) is 12.1 Å². The monoisotopic (exact) mass is 266 g/mol. The van der Waals surface area contributed by atoms with Gasteiger partial charge in [-0.1, -0.05) is 12.1 Å². The predicted octanol–water partition coefficient (Wildman–Crippen LogP) is 0.481. The van der Waals surface area contributed by atoms with Crippen LogP contribution in [0.5, 0.6) is 0 Å². The van der Waals surface area contributed by atoms with Crippen LogP contribution in [0, 0.1) is 0 Å². The number of anilines is 1. The van der Waals surface area contributed by atoms with Gasteiger partial charge in [0.05, 0.1) is 11.9 Å². The van der Waals surface area contributed by atoms with Gasteiger partial charge < -0.3 is 5.73 Å². The average molecular weight is 266 g/mol. The fourth-order valence-corrected chi connectivity index (χ4v) is 2.69. The highest BCUT2D eigenvalue weighted by molar-refractivity contribution is 7.89. The summed E-state index contributed by atoms with van der Waals surface area (Å²) >= 11 is 0.